The summed E-state index contributed by atoms with van der Waals surface area (Å²) in [5.41, 5.74) is 0. The van der Waals surface area contributed by atoms with Crippen LogP contribution in [0.15, 0.2) is 18.2 Å². The number of carbonyl (C=O) groups is 1. The maximum Gasteiger partial charge on any atom is 0.183 e. The van der Waals surface area contributed by atoms with Crippen molar-refractivity contribution in [1.82, 2.24) is 0 Å². The zero-order chi connectivity index (χ0) is 8.97. The lowest BCUT2D eigenvalue weighted by Crippen LogP contribution is -1.99. The predicted octanol–water partition coefficient (Wildman–Crippen LogP) is 2.06. The van der Waals surface area contributed by atoms with Gasteiger partial charge in [-0.3, -0.25) is 4.79 Å². The Balaban J connectivity index is 2.84. The third kappa shape index (κ3) is 1.95. The van der Waals surface area contributed by atoms with Crippen molar-refractivity contribution >= 4 is 17.9 Å². The number of carbonyl (C=O) groups excluding carboxylic acids is 1. The molecule has 1 rings (SSSR count). The van der Waals surface area contributed by atoms with Crippen molar-refractivity contribution in [3.05, 3.63) is 29.0 Å². The topological polar surface area (TPSA) is 26.3 Å². The van der Waals surface area contributed by atoms with Crippen LogP contribution >= 0.6 is 11.6 Å². The summed E-state index contributed by atoms with van der Waals surface area (Å²) in [6.07, 6.45) is 0.542. The Labute approximate surface area is 73.9 Å². The molecule has 1 aromatic carbocycles. The predicted molar refractivity (Wildman–Crippen MR) is 43.0 cm³/mol. The normalized spacial score (nSPS) is 9.50. The van der Waals surface area contributed by atoms with Crippen molar-refractivity contribution in [1.29, 1.82) is 0 Å². The van der Waals surface area contributed by atoms with Crippen molar-refractivity contribution in [2.75, 3.05) is 6.61 Å². The molecule has 4 heteroatoms. The summed E-state index contributed by atoms with van der Waals surface area (Å²) in [5.74, 6) is -0.643. The van der Waals surface area contributed by atoms with E-state index in [0.717, 1.165) is 0 Å². The van der Waals surface area contributed by atoms with Crippen molar-refractivity contribution in [3.63, 3.8) is 0 Å². The van der Waals surface area contributed by atoms with Gasteiger partial charge in [-0.15, -0.1) is 0 Å². The molecule has 0 bridgehead atoms. The Morgan fingerprint density at radius 1 is 1.58 bits per heavy atom. The molecule has 0 saturated heterocycles. The highest BCUT2D eigenvalue weighted by molar-refractivity contribution is 6.30. The van der Waals surface area contributed by atoms with Crippen LogP contribution in [0.25, 0.3) is 0 Å². The lowest BCUT2D eigenvalue weighted by molar-refractivity contribution is -0.109. The lowest BCUT2D eigenvalue weighted by atomic mass is 10.3. The molecule has 2 nitrogen and oxygen atoms in total. The largest absolute Gasteiger partial charge is 0.483 e. The molecule has 0 aliphatic carbocycles. The van der Waals surface area contributed by atoms with Crippen LogP contribution in [0.2, 0.25) is 5.02 Å². The average molecular weight is 189 g/mol. The number of ether oxygens (including phenoxy) is 1. The van der Waals surface area contributed by atoms with Crippen molar-refractivity contribution in [2.24, 2.45) is 0 Å². The molecule has 0 aliphatic rings. The van der Waals surface area contributed by atoms with E-state index in [9.17, 15) is 9.18 Å². The molecule has 0 saturated carbocycles. The van der Waals surface area contributed by atoms with Gasteiger partial charge in [-0.25, -0.2) is 4.39 Å². The van der Waals surface area contributed by atoms with E-state index >= 15 is 0 Å². The van der Waals surface area contributed by atoms with Crippen molar-refractivity contribution < 1.29 is 13.9 Å². The minimum Gasteiger partial charge on any atom is -0.483 e. The summed E-state index contributed by atoms with van der Waals surface area (Å²) in [7, 11) is 0. The van der Waals surface area contributed by atoms with Crippen molar-refractivity contribution in [2.45, 2.75) is 0 Å². The maximum absolute atomic E-state index is 13.0. The minimum atomic E-state index is -0.638. The fraction of sp³-hybridized carbons (Fsp3) is 0.125. The van der Waals surface area contributed by atoms with Crippen molar-refractivity contribution in [3.8, 4) is 5.75 Å². The van der Waals surface area contributed by atoms with Crippen LogP contribution in [0.4, 0.5) is 4.39 Å². The molecule has 0 atom stereocenters. The molecular formula is C8H6ClFO2. The van der Waals surface area contributed by atoms with E-state index in [4.69, 9.17) is 16.3 Å². The second kappa shape index (κ2) is 4.07. The summed E-state index contributed by atoms with van der Waals surface area (Å²) in [4.78, 5) is 9.89. The van der Waals surface area contributed by atoms with Gasteiger partial charge in [0.15, 0.2) is 17.9 Å². The van der Waals surface area contributed by atoms with Gasteiger partial charge < -0.3 is 4.74 Å². The molecule has 0 N–H and O–H groups in total. The van der Waals surface area contributed by atoms with E-state index in [-0.39, 0.29) is 17.4 Å². The molecule has 0 spiro atoms. The van der Waals surface area contributed by atoms with Crippen LogP contribution in [0.5, 0.6) is 5.75 Å². The second-order valence-electron chi connectivity index (χ2n) is 2.03. The van der Waals surface area contributed by atoms with E-state index in [0.29, 0.717) is 6.29 Å². The molecule has 64 valence electrons. The monoisotopic (exact) mass is 188 g/mol. The zero-order valence-electron chi connectivity index (χ0n) is 6.09. The SMILES string of the molecule is O=CCOc1cccc(Cl)c1F. The fourth-order valence-corrected chi connectivity index (χ4v) is 0.885. The van der Waals surface area contributed by atoms with E-state index in [1.54, 1.807) is 6.07 Å². The van der Waals surface area contributed by atoms with E-state index < -0.39 is 5.82 Å². The molecule has 0 unspecified atom stereocenters. The van der Waals surface area contributed by atoms with Crippen LogP contribution < -0.4 is 4.74 Å². The van der Waals surface area contributed by atoms with E-state index in [1.165, 1.54) is 12.1 Å². The molecule has 0 heterocycles. The Kier molecular flexibility index (Phi) is 3.05. The van der Waals surface area contributed by atoms with Gasteiger partial charge in [0.1, 0.15) is 6.61 Å². The first-order valence-electron chi connectivity index (χ1n) is 3.26. The highest BCUT2D eigenvalue weighted by Crippen LogP contribution is 2.23. The van der Waals surface area contributed by atoms with Gasteiger partial charge in [0.25, 0.3) is 0 Å². The molecule has 0 radical (unpaired) electrons. The zero-order valence-corrected chi connectivity index (χ0v) is 6.84. The van der Waals surface area contributed by atoms with Crippen LogP contribution in [-0.2, 0) is 4.79 Å². The van der Waals surface area contributed by atoms with Gasteiger partial charge >= 0.3 is 0 Å². The van der Waals surface area contributed by atoms with Crippen LogP contribution in [0.3, 0.4) is 0 Å². The third-order valence-electron chi connectivity index (χ3n) is 1.22. The summed E-state index contributed by atoms with van der Waals surface area (Å²) in [6.45, 7) is -0.169. The number of benzene rings is 1. The van der Waals surface area contributed by atoms with Gasteiger partial charge in [0.2, 0.25) is 0 Å². The number of rotatable bonds is 3. The van der Waals surface area contributed by atoms with Crippen LogP contribution in [-0.4, -0.2) is 12.9 Å². The van der Waals surface area contributed by atoms with Gasteiger partial charge in [0.05, 0.1) is 5.02 Å². The molecule has 0 amide bonds. The number of halogens is 2. The first-order chi connectivity index (χ1) is 5.75. The number of hydrogen-bond donors (Lipinski definition) is 0. The first kappa shape index (κ1) is 9.00. The van der Waals surface area contributed by atoms with E-state index in [2.05, 4.69) is 0 Å². The molecule has 12 heavy (non-hydrogen) atoms. The van der Waals surface area contributed by atoms with Crippen LogP contribution in [0.1, 0.15) is 0 Å². The second-order valence-corrected chi connectivity index (χ2v) is 2.44. The Hall–Kier alpha value is -1.09. The molecule has 0 fully saturated rings. The summed E-state index contributed by atoms with van der Waals surface area (Å²) in [6, 6.07) is 4.36. The Morgan fingerprint density at radius 2 is 2.33 bits per heavy atom. The fourth-order valence-electron chi connectivity index (χ4n) is 0.719. The van der Waals surface area contributed by atoms with Gasteiger partial charge in [-0.2, -0.15) is 0 Å². The quantitative estimate of drug-likeness (QED) is 0.679. The molecular weight excluding hydrogens is 183 g/mol. The number of aldehydes is 1. The highest BCUT2D eigenvalue weighted by Gasteiger charge is 2.05. The average Bonchev–Trinajstić information content (AvgIpc) is 2.08. The molecule has 0 aromatic heterocycles. The first-order valence-corrected chi connectivity index (χ1v) is 3.64. The van der Waals surface area contributed by atoms with Gasteiger partial charge in [0, 0.05) is 0 Å². The van der Waals surface area contributed by atoms with Gasteiger partial charge in [-0.1, -0.05) is 17.7 Å². The Morgan fingerprint density at radius 3 is 3.00 bits per heavy atom. The smallest absolute Gasteiger partial charge is 0.183 e. The minimum absolute atomic E-state index is 0.00500. The standard InChI is InChI=1S/C8H6ClFO2/c9-6-2-1-3-7(8(6)10)12-5-4-11/h1-4H,5H2. The summed E-state index contributed by atoms with van der Waals surface area (Å²) < 4.78 is 17.7. The maximum atomic E-state index is 13.0. The highest BCUT2D eigenvalue weighted by atomic mass is 35.5. The van der Waals surface area contributed by atoms with Crippen LogP contribution in [0, 0.1) is 5.82 Å². The molecule has 0 aliphatic heterocycles. The summed E-state index contributed by atoms with van der Waals surface area (Å²) >= 11 is 5.45. The lowest BCUT2D eigenvalue weighted by Gasteiger charge is -2.03. The Bertz CT molecular complexity index is 288. The summed E-state index contributed by atoms with van der Waals surface area (Å²) in [5, 5.41) is -0.0154. The third-order valence-corrected chi connectivity index (χ3v) is 1.51. The van der Waals surface area contributed by atoms with Gasteiger partial charge in [-0.05, 0) is 12.1 Å². The van der Waals surface area contributed by atoms with E-state index in [1.807, 2.05) is 0 Å². The number of hydrogen-bond acceptors (Lipinski definition) is 2. The molecule has 1 aromatic rings.